The Morgan fingerprint density at radius 1 is 1.05 bits per heavy atom. The molecule has 3 nitrogen and oxygen atoms in total. The summed E-state index contributed by atoms with van der Waals surface area (Å²) in [5.41, 5.74) is 2.62. The molecular weight excluding hydrogens is 248 g/mol. The van der Waals surface area contributed by atoms with Gasteiger partial charge in [0, 0.05) is 25.0 Å². The largest absolute Gasteiger partial charge is 0.497 e. The zero-order valence-electron chi connectivity index (χ0n) is 12.2. The molecule has 1 aromatic heterocycles. The van der Waals surface area contributed by atoms with Crippen molar-refractivity contribution in [3.8, 4) is 5.75 Å². The molecule has 2 rings (SSSR count). The topological polar surface area (TPSA) is 34.1 Å². The lowest BCUT2D eigenvalue weighted by Crippen LogP contribution is -2.25. The molecule has 0 unspecified atom stereocenters. The van der Waals surface area contributed by atoms with Crippen molar-refractivity contribution in [1.82, 2.24) is 10.3 Å². The lowest BCUT2D eigenvalue weighted by atomic mass is 10.1. The third-order valence-corrected chi connectivity index (χ3v) is 3.43. The van der Waals surface area contributed by atoms with Crippen molar-refractivity contribution >= 4 is 0 Å². The third kappa shape index (κ3) is 4.67. The molecule has 0 aliphatic carbocycles. The molecule has 106 valence electrons. The van der Waals surface area contributed by atoms with Gasteiger partial charge in [-0.3, -0.25) is 4.98 Å². The first-order chi connectivity index (χ1) is 9.78. The molecule has 0 aliphatic heterocycles. The summed E-state index contributed by atoms with van der Waals surface area (Å²) in [6, 6.07) is 12.9. The van der Waals surface area contributed by atoms with Gasteiger partial charge in [0.1, 0.15) is 5.75 Å². The van der Waals surface area contributed by atoms with E-state index in [1.165, 1.54) is 11.1 Å². The summed E-state index contributed by atoms with van der Waals surface area (Å²) < 4.78 is 5.16. The third-order valence-electron chi connectivity index (χ3n) is 3.43. The lowest BCUT2D eigenvalue weighted by molar-refractivity contribution is 0.414. The molecule has 0 aliphatic rings. The predicted molar refractivity (Wildman–Crippen MR) is 81.9 cm³/mol. The van der Waals surface area contributed by atoms with E-state index in [0.29, 0.717) is 6.04 Å². The maximum absolute atomic E-state index is 5.16. The number of aromatic nitrogens is 1. The van der Waals surface area contributed by atoms with Crippen LogP contribution >= 0.6 is 0 Å². The minimum absolute atomic E-state index is 0.491. The molecule has 2 aromatic rings. The van der Waals surface area contributed by atoms with Gasteiger partial charge < -0.3 is 10.1 Å². The average molecular weight is 270 g/mol. The van der Waals surface area contributed by atoms with Crippen LogP contribution in [-0.4, -0.2) is 18.1 Å². The van der Waals surface area contributed by atoms with E-state index in [2.05, 4.69) is 29.4 Å². The van der Waals surface area contributed by atoms with Crippen LogP contribution in [0.1, 0.15) is 24.5 Å². The summed E-state index contributed by atoms with van der Waals surface area (Å²) in [6.45, 7) is 3.12. The van der Waals surface area contributed by atoms with E-state index < -0.39 is 0 Å². The second-order valence-corrected chi connectivity index (χ2v) is 5.02. The van der Waals surface area contributed by atoms with Gasteiger partial charge in [0.25, 0.3) is 0 Å². The predicted octanol–water partition coefficient (Wildman–Crippen LogP) is 3.20. The molecule has 1 aromatic carbocycles. The van der Waals surface area contributed by atoms with Crippen molar-refractivity contribution in [2.24, 2.45) is 0 Å². The van der Waals surface area contributed by atoms with Crippen LogP contribution in [0.3, 0.4) is 0 Å². The van der Waals surface area contributed by atoms with Crippen LogP contribution in [0.4, 0.5) is 0 Å². The number of hydrogen-bond acceptors (Lipinski definition) is 3. The Bertz CT molecular complexity index is 496. The lowest BCUT2D eigenvalue weighted by Gasteiger charge is -2.14. The minimum Gasteiger partial charge on any atom is -0.497 e. The van der Waals surface area contributed by atoms with Crippen molar-refractivity contribution in [3.05, 3.63) is 59.9 Å². The van der Waals surface area contributed by atoms with E-state index in [9.17, 15) is 0 Å². The Balaban J connectivity index is 1.73. The first-order valence-electron chi connectivity index (χ1n) is 7.03. The molecule has 0 saturated heterocycles. The fourth-order valence-corrected chi connectivity index (χ4v) is 2.07. The Morgan fingerprint density at radius 3 is 2.40 bits per heavy atom. The SMILES string of the molecule is COc1ccc(CC[C@@H](C)NCc2ccncc2)cc1. The number of methoxy groups -OCH3 is 1. The van der Waals surface area contributed by atoms with Crippen LogP contribution in [0.15, 0.2) is 48.8 Å². The number of hydrogen-bond donors (Lipinski definition) is 1. The zero-order chi connectivity index (χ0) is 14.2. The second-order valence-electron chi connectivity index (χ2n) is 5.02. The fraction of sp³-hybridized carbons (Fsp3) is 0.353. The molecule has 0 saturated carbocycles. The number of rotatable bonds is 7. The van der Waals surface area contributed by atoms with E-state index >= 15 is 0 Å². The molecule has 0 spiro atoms. The average Bonchev–Trinajstić information content (AvgIpc) is 2.52. The number of benzene rings is 1. The van der Waals surface area contributed by atoms with Gasteiger partial charge in [0.05, 0.1) is 7.11 Å². The molecule has 1 atom stereocenters. The molecule has 0 amide bonds. The van der Waals surface area contributed by atoms with E-state index in [1.54, 1.807) is 7.11 Å². The van der Waals surface area contributed by atoms with Crippen molar-refractivity contribution < 1.29 is 4.74 Å². The van der Waals surface area contributed by atoms with E-state index in [4.69, 9.17) is 4.74 Å². The van der Waals surface area contributed by atoms with Crippen LogP contribution in [0, 0.1) is 0 Å². The van der Waals surface area contributed by atoms with Gasteiger partial charge in [0.2, 0.25) is 0 Å². The van der Waals surface area contributed by atoms with Crippen LogP contribution in [-0.2, 0) is 13.0 Å². The monoisotopic (exact) mass is 270 g/mol. The van der Waals surface area contributed by atoms with Gasteiger partial charge >= 0.3 is 0 Å². The Morgan fingerprint density at radius 2 is 1.75 bits per heavy atom. The number of nitrogens with one attached hydrogen (secondary N) is 1. The molecule has 20 heavy (non-hydrogen) atoms. The van der Waals surface area contributed by atoms with Crippen LogP contribution in [0.5, 0.6) is 5.75 Å². The molecule has 3 heteroatoms. The molecule has 0 fully saturated rings. The van der Waals surface area contributed by atoms with E-state index in [-0.39, 0.29) is 0 Å². The highest BCUT2D eigenvalue weighted by molar-refractivity contribution is 5.27. The summed E-state index contributed by atoms with van der Waals surface area (Å²) in [5.74, 6) is 0.914. The van der Waals surface area contributed by atoms with Crippen molar-refractivity contribution in [1.29, 1.82) is 0 Å². The van der Waals surface area contributed by atoms with Gasteiger partial charge in [-0.15, -0.1) is 0 Å². The normalized spacial score (nSPS) is 12.1. The standard InChI is InChI=1S/C17H22N2O/c1-14(19-13-16-9-11-18-12-10-16)3-4-15-5-7-17(20-2)8-6-15/h5-12,14,19H,3-4,13H2,1-2H3/t14-/m1/s1. The molecule has 1 N–H and O–H groups in total. The fourth-order valence-electron chi connectivity index (χ4n) is 2.07. The zero-order valence-corrected chi connectivity index (χ0v) is 12.2. The van der Waals surface area contributed by atoms with Gasteiger partial charge in [-0.2, -0.15) is 0 Å². The first kappa shape index (κ1) is 14.5. The molecule has 0 bridgehead atoms. The number of nitrogens with zero attached hydrogens (tertiary/aromatic N) is 1. The van der Waals surface area contributed by atoms with E-state index in [1.807, 2.05) is 36.7 Å². The Hall–Kier alpha value is -1.87. The minimum atomic E-state index is 0.491. The van der Waals surface area contributed by atoms with Crippen LogP contribution in [0.25, 0.3) is 0 Å². The maximum atomic E-state index is 5.16. The summed E-state index contributed by atoms with van der Waals surface area (Å²) in [5, 5.41) is 3.54. The quantitative estimate of drug-likeness (QED) is 0.839. The van der Waals surface area contributed by atoms with Crippen molar-refractivity contribution in [2.75, 3.05) is 7.11 Å². The first-order valence-corrected chi connectivity index (χ1v) is 7.03. The van der Waals surface area contributed by atoms with Gasteiger partial charge in [0.15, 0.2) is 0 Å². The second kappa shape index (κ2) is 7.65. The Labute approximate surface area is 121 Å². The summed E-state index contributed by atoms with van der Waals surface area (Å²) in [6.07, 6.45) is 5.87. The molecule has 1 heterocycles. The maximum Gasteiger partial charge on any atom is 0.118 e. The highest BCUT2D eigenvalue weighted by Gasteiger charge is 2.03. The number of ether oxygens (including phenoxy) is 1. The Kier molecular flexibility index (Phi) is 5.56. The number of pyridine rings is 1. The number of aryl methyl sites for hydroxylation is 1. The smallest absolute Gasteiger partial charge is 0.118 e. The van der Waals surface area contributed by atoms with E-state index in [0.717, 1.165) is 25.1 Å². The van der Waals surface area contributed by atoms with Crippen molar-refractivity contribution in [2.45, 2.75) is 32.4 Å². The van der Waals surface area contributed by atoms with Gasteiger partial charge in [-0.1, -0.05) is 12.1 Å². The summed E-state index contributed by atoms with van der Waals surface area (Å²) in [7, 11) is 1.69. The highest BCUT2D eigenvalue weighted by Crippen LogP contribution is 2.13. The van der Waals surface area contributed by atoms with Crippen LogP contribution < -0.4 is 10.1 Å². The van der Waals surface area contributed by atoms with Crippen LogP contribution in [0.2, 0.25) is 0 Å². The summed E-state index contributed by atoms with van der Waals surface area (Å²) >= 11 is 0. The van der Waals surface area contributed by atoms with Gasteiger partial charge in [-0.05, 0) is 55.2 Å². The van der Waals surface area contributed by atoms with Crippen molar-refractivity contribution in [3.63, 3.8) is 0 Å². The van der Waals surface area contributed by atoms with Gasteiger partial charge in [-0.25, -0.2) is 0 Å². The highest BCUT2D eigenvalue weighted by atomic mass is 16.5. The summed E-state index contributed by atoms with van der Waals surface area (Å²) in [4.78, 5) is 4.02. The molecule has 0 radical (unpaired) electrons. The molecular formula is C17H22N2O.